The molecule has 0 spiro atoms. The molecule has 0 radical (unpaired) electrons. The van der Waals surface area contributed by atoms with Crippen LogP contribution in [-0.2, 0) is 29.1 Å². The third kappa shape index (κ3) is 5.35. The first-order valence-corrected chi connectivity index (χ1v) is 11.9. The van der Waals surface area contributed by atoms with Crippen molar-refractivity contribution in [2.24, 2.45) is 4.99 Å². The second-order valence-electron chi connectivity index (χ2n) is 7.76. The summed E-state index contributed by atoms with van der Waals surface area (Å²) in [6, 6.07) is 0. The first-order chi connectivity index (χ1) is 12.3. The van der Waals surface area contributed by atoms with E-state index >= 15 is 0 Å². The summed E-state index contributed by atoms with van der Waals surface area (Å²) in [6.45, 7) is 5.40. The molecule has 1 aromatic rings. The van der Waals surface area contributed by atoms with Gasteiger partial charge in [0, 0.05) is 38.0 Å². The van der Waals surface area contributed by atoms with Crippen molar-refractivity contribution in [1.29, 1.82) is 0 Å². The molecule has 1 aliphatic carbocycles. The number of hydrogen-bond donors (Lipinski definition) is 1. The number of hydrogen-bond acceptors (Lipinski definition) is 5. The standard InChI is InChI=1S/C18H30N4O2S2.HI/c1-18(2)13-22(11-12-26(18,23)24)17(19-3)20-10-6-9-16-21-14-7-4-5-8-15(14)25-16;/h4-13H2,1-3H3,(H,19,20);1H. The largest absolute Gasteiger partial charge is 0.356 e. The molecule has 27 heavy (non-hydrogen) atoms. The number of sulfone groups is 1. The number of thiazole rings is 1. The van der Waals surface area contributed by atoms with E-state index in [1.807, 2.05) is 11.3 Å². The van der Waals surface area contributed by atoms with Crippen LogP contribution in [0.5, 0.6) is 0 Å². The molecule has 0 unspecified atom stereocenters. The Bertz CT molecular complexity index is 751. The Labute approximate surface area is 184 Å². The number of fused-ring (bicyclic) bond motifs is 1. The molecule has 0 amide bonds. The van der Waals surface area contributed by atoms with E-state index in [1.165, 1.54) is 34.8 Å². The van der Waals surface area contributed by atoms with Crippen LogP contribution in [0.3, 0.4) is 0 Å². The first-order valence-electron chi connectivity index (χ1n) is 9.48. The van der Waals surface area contributed by atoms with Crippen molar-refractivity contribution in [2.75, 3.05) is 32.4 Å². The lowest BCUT2D eigenvalue weighted by atomic mass is 10.0. The minimum Gasteiger partial charge on any atom is -0.356 e. The lowest BCUT2D eigenvalue weighted by molar-refractivity contribution is 0.353. The number of guanidine groups is 1. The van der Waals surface area contributed by atoms with Gasteiger partial charge in [-0.05, 0) is 46.0 Å². The number of halogens is 1. The van der Waals surface area contributed by atoms with Crippen LogP contribution >= 0.6 is 35.3 Å². The van der Waals surface area contributed by atoms with Gasteiger partial charge in [-0.15, -0.1) is 35.3 Å². The van der Waals surface area contributed by atoms with E-state index < -0.39 is 14.6 Å². The van der Waals surface area contributed by atoms with Gasteiger partial charge >= 0.3 is 0 Å². The van der Waals surface area contributed by atoms with E-state index in [0.29, 0.717) is 13.1 Å². The van der Waals surface area contributed by atoms with Crippen LogP contribution in [-0.4, -0.2) is 61.4 Å². The summed E-state index contributed by atoms with van der Waals surface area (Å²) < 4.78 is 23.6. The molecule has 2 heterocycles. The van der Waals surface area contributed by atoms with Crippen molar-refractivity contribution in [3.63, 3.8) is 0 Å². The van der Waals surface area contributed by atoms with Gasteiger partial charge in [0.05, 0.1) is 21.2 Å². The molecule has 0 saturated carbocycles. The Hall–Kier alpha value is -0.420. The van der Waals surface area contributed by atoms with E-state index in [-0.39, 0.29) is 29.7 Å². The molecule has 0 atom stereocenters. The van der Waals surface area contributed by atoms with E-state index in [1.54, 1.807) is 20.9 Å². The summed E-state index contributed by atoms with van der Waals surface area (Å²) in [5.41, 5.74) is 1.33. The van der Waals surface area contributed by atoms with Crippen LogP contribution in [0.25, 0.3) is 0 Å². The number of aromatic nitrogens is 1. The van der Waals surface area contributed by atoms with Crippen molar-refractivity contribution in [2.45, 2.75) is 57.1 Å². The predicted molar refractivity (Wildman–Crippen MR) is 123 cm³/mol. The van der Waals surface area contributed by atoms with Crippen molar-refractivity contribution in [3.8, 4) is 0 Å². The zero-order valence-electron chi connectivity index (χ0n) is 16.5. The van der Waals surface area contributed by atoms with Crippen molar-refractivity contribution >= 4 is 51.1 Å². The van der Waals surface area contributed by atoms with Crippen LogP contribution in [0.2, 0.25) is 0 Å². The summed E-state index contributed by atoms with van der Waals surface area (Å²) in [5.74, 6) is 0.983. The maximum Gasteiger partial charge on any atom is 0.193 e. The molecule has 1 N–H and O–H groups in total. The summed E-state index contributed by atoms with van der Waals surface area (Å²) in [4.78, 5) is 12.7. The molecule has 2 aliphatic rings. The minimum atomic E-state index is -3.03. The van der Waals surface area contributed by atoms with Crippen LogP contribution in [0.1, 0.15) is 48.7 Å². The van der Waals surface area contributed by atoms with Crippen molar-refractivity contribution in [1.82, 2.24) is 15.2 Å². The molecule has 9 heteroatoms. The topological polar surface area (TPSA) is 74.7 Å². The lowest BCUT2D eigenvalue weighted by Gasteiger charge is -2.39. The van der Waals surface area contributed by atoms with Gasteiger partial charge < -0.3 is 10.2 Å². The predicted octanol–water partition coefficient (Wildman–Crippen LogP) is 2.66. The Kier molecular flexibility index (Phi) is 7.95. The van der Waals surface area contributed by atoms with E-state index in [2.05, 4.69) is 15.2 Å². The van der Waals surface area contributed by atoms with Crippen LogP contribution in [0, 0.1) is 0 Å². The van der Waals surface area contributed by atoms with Gasteiger partial charge in [0.2, 0.25) is 0 Å². The fraction of sp³-hybridized carbons (Fsp3) is 0.778. The molecule has 3 rings (SSSR count). The molecule has 0 aromatic carbocycles. The van der Waals surface area contributed by atoms with Gasteiger partial charge in [-0.3, -0.25) is 4.99 Å². The Morgan fingerprint density at radius 3 is 2.74 bits per heavy atom. The summed E-state index contributed by atoms with van der Waals surface area (Å²) in [5, 5.41) is 4.64. The SMILES string of the molecule is CN=C(NCCCc1nc2c(s1)CCCC2)N1CCS(=O)(=O)C(C)(C)C1.I. The number of aliphatic imine (C=N–C) groups is 1. The lowest BCUT2D eigenvalue weighted by Crippen LogP contribution is -2.57. The Balaban J connectivity index is 0.00000261. The van der Waals surface area contributed by atoms with Gasteiger partial charge in [-0.1, -0.05) is 0 Å². The maximum atomic E-state index is 12.2. The molecule has 0 bridgehead atoms. The monoisotopic (exact) mass is 526 g/mol. The highest BCUT2D eigenvalue weighted by molar-refractivity contribution is 14.0. The van der Waals surface area contributed by atoms with Gasteiger partial charge in [0.25, 0.3) is 0 Å². The van der Waals surface area contributed by atoms with Crippen LogP contribution < -0.4 is 5.32 Å². The zero-order chi connectivity index (χ0) is 18.8. The summed E-state index contributed by atoms with van der Waals surface area (Å²) in [7, 11) is -1.27. The quantitative estimate of drug-likeness (QED) is 0.283. The van der Waals surface area contributed by atoms with Gasteiger partial charge in [0.15, 0.2) is 15.8 Å². The number of nitrogens with one attached hydrogen (secondary N) is 1. The van der Waals surface area contributed by atoms with Gasteiger partial charge in [0.1, 0.15) is 0 Å². The molecule has 1 saturated heterocycles. The highest BCUT2D eigenvalue weighted by Gasteiger charge is 2.40. The molecule has 1 aromatic heterocycles. The molecular formula is C18H31IN4O2S2. The average molecular weight is 527 g/mol. The fourth-order valence-corrected chi connectivity index (χ4v) is 6.17. The highest BCUT2D eigenvalue weighted by atomic mass is 127. The minimum absolute atomic E-state index is 0. The first kappa shape index (κ1) is 22.9. The number of nitrogens with zero attached hydrogens (tertiary/aromatic N) is 3. The fourth-order valence-electron chi connectivity index (χ4n) is 3.61. The highest BCUT2D eigenvalue weighted by Crippen LogP contribution is 2.27. The maximum absolute atomic E-state index is 12.2. The number of aryl methyl sites for hydroxylation is 3. The van der Waals surface area contributed by atoms with E-state index in [9.17, 15) is 8.42 Å². The Morgan fingerprint density at radius 2 is 2.07 bits per heavy atom. The number of rotatable bonds is 4. The zero-order valence-corrected chi connectivity index (χ0v) is 20.4. The van der Waals surface area contributed by atoms with Gasteiger partial charge in [-0.2, -0.15) is 0 Å². The molecule has 1 aliphatic heterocycles. The molecular weight excluding hydrogens is 495 g/mol. The van der Waals surface area contributed by atoms with E-state index in [0.717, 1.165) is 31.8 Å². The molecule has 154 valence electrons. The summed E-state index contributed by atoms with van der Waals surface area (Å²) in [6.07, 6.45) is 6.91. The summed E-state index contributed by atoms with van der Waals surface area (Å²) >= 11 is 1.88. The Morgan fingerprint density at radius 1 is 1.33 bits per heavy atom. The van der Waals surface area contributed by atoms with Crippen molar-refractivity contribution in [3.05, 3.63) is 15.6 Å². The smallest absolute Gasteiger partial charge is 0.193 e. The van der Waals surface area contributed by atoms with Gasteiger partial charge in [-0.25, -0.2) is 13.4 Å². The van der Waals surface area contributed by atoms with Crippen molar-refractivity contribution < 1.29 is 8.42 Å². The molecule has 6 nitrogen and oxygen atoms in total. The average Bonchev–Trinajstić information content (AvgIpc) is 3.00. The normalized spacial score (nSPS) is 21.3. The third-order valence-corrected chi connectivity index (χ3v) is 9.05. The second-order valence-corrected chi connectivity index (χ2v) is 11.7. The van der Waals surface area contributed by atoms with Crippen LogP contribution in [0.15, 0.2) is 4.99 Å². The third-order valence-electron chi connectivity index (χ3n) is 5.30. The van der Waals surface area contributed by atoms with Crippen LogP contribution in [0.4, 0.5) is 0 Å². The van der Waals surface area contributed by atoms with E-state index in [4.69, 9.17) is 4.98 Å². The second kappa shape index (κ2) is 9.39. The molecule has 1 fully saturated rings.